The summed E-state index contributed by atoms with van der Waals surface area (Å²) in [6, 6.07) is 12.7. The third-order valence-electron chi connectivity index (χ3n) is 5.81. The number of likely N-dealkylation sites (tertiary alicyclic amines) is 1. The Hall–Kier alpha value is -3.23. The summed E-state index contributed by atoms with van der Waals surface area (Å²) in [7, 11) is 1.29. The molecule has 0 atom stereocenters. The number of carbonyl (C=O) groups is 2. The molecule has 2 heterocycles. The van der Waals surface area contributed by atoms with Gasteiger partial charge in [-0.15, -0.1) is 0 Å². The van der Waals surface area contributed by atoms with Gasteiger partial charge in [0.15, 0.2) is 0 Å². The summed E-state index contributed by atoms with van der Waals surface area (Å²) >= 11 is 6.05. The minimum absolute atomic E-state index is 0.0765. The Bertz CT molecular complexity index is 1150. The highest BCUT2D eigenvalue weighted by Gasteiger charge is 2.26. The third-order valence-corrected chi connectivity index (χ3v) is 6.14. The SMILES string of the molecule is COC(=O)c1cc(NC(=O)C2CCN(Cc3nc(-c4ccccc4C)no3)CC2)ccc1Cl. The molecule has 1 fully saturated rings. The quantitative estimate of drug-likeness (QED) is 0.537. The summed E-state index contributed by atoms with van der Waals surface area (Å²) in [6.07, 6.45) is 1.42. The van der Waals surface area contributed by atoms with Crippen LogP contribution in [0.15, 0.2) is 47.0 Å². The predicted molar refractivity (Wildman–Crippen MR) is 124 cm³/mol. The van der Waals surface area contributed by atoms with E-state index < -0.39 is 5.97 Å². The van der Waals surface area contributed by atoms with Crippen molar-refractivity contribution in [1.29, 1.82) is 0 Å². The zero-order valence-electron chi connectivity index (χ0n) is 18.5. The number of piperidine rings is 1. The average Bonchev–Trinajstić information content (AvgIpc) is 3.28. The van der Waals surface area contributed by atoms with Crippen LogP contribution in [0, 0.1) is 12.8 Å². The van der Waals surface area contributed by atoms with Crippen molar-refractivity contribution in [2.45, 2.75) is 26.3 Å². The number of esters is 1. The smallest absolute Gasteiger partial charge is 0.339 e. The van der Waals surface area contributed by atoms with E-state index in [-0.39, 0.29) is 22.4 Å². The molecule has 9 heteroatoms. The molecular formula is C24H25ClN4O4. The van der Waals surface area contributed by atoms with Gasteiger partial charge >= 0.3 is 5.97 Å². The zero-order chi connectivity index (χ0) is 23.4. The lowest BCUT2D eigenvalue weighted by Crippen LogP contribution is -2.37. The van der Waals surface area contributed by atoms with Gasteiger partial charge in [-0.3, -0.25) is 9.69 Å². The van der Waals surface area contributed by atoms with Crippen LogP contribution in [0.2, 0.25) is 5.02 Å². The molecule has 8 nitrogen and oxygen atoms in total. The molecule has 2 aromatic carbocycles. The highest BCUT2D eigenvalue weighted by atomic mass is 35.5. The normalized spacial score (nSPS) is 14.8. The summed E-state index contributed by atoms with van der Waals surface area (Å²) in [5.41, 5.74) is 2.79. The van der Waals surface area contributed by atoms with Crippen LogP contribution >= 0.6 is 11.6 Å². The van der Waals surface area contributed by atoms with Crippen LogP contribution in [0.3, 0.4) is 0 Å². The predicted octanol–water partition coefficient (Wildman–Crippen LogP) is 4.34. The van der Waals surface area contributed by atoms with Crippen LogP contribution in [-0.2, 0) is 16.1 Å². The van der Waals surface area contributed by atoms with E-state index in [1.807, 2.05) is 31.2 Å². The van der Waals surface area contributed by atoms with Crippen molar-refractivity contribution in [2.24, 2.45) is 5.92 Å². The lowest BCUT2D eigenvalue weighted by Gasteiger charge is -2.30. The Kier molecular flexibility index (Phi) is 7.05. The molecule has 1 amide bonds. The minimum Gasteiger partial charge on any atom is -0.465 e. The number of hydrogen-bond acceptors (Lipinski definition) is 7. The fourth-order valence-electron chi connectivity index (χ4n) is 3.91. The summed E-state index contributed by atoms with van der Waals surface area (Å²) in [4.78, 5) is 31.3. The van der Waals surface area contributed by atoms with E-state index in [1.54, 1.807) is 12.1 Å². The minimum atomic E-state index is -0.545. The molecule has 0 aliphatic carbocycles. The van der Waals surface area contributed by atoms with Gasteiger partial charge in [-0.05, 0) is 56.6 Å². The molecule has 1 aliphatic rings. The summed E-state index contributed by atoms with van der Waals surface area (Å²) < 4.78 is 10.2. The number of ether oxygens (including phenoxy) is 1. The zero-order valence-corrected chi connectivity index (χ0v) is 19.3. The Labute approximate surface area is 196 Å². The van der Waals surface area contributed by atoms with Gasteiger partial charge in [0.1, 0.15) is 0 Å². The number of benzene rings is 2. The maximum Gasteiger partial charge on any atom is 0.339 e. The molecule has 33 heavy (non-hydrogen) atoms. The van der Waals surface area contributed by atoms with E-state index in [0.717, 1.165) is 24.2 Å². The van der Waals surface area contributed by atoms with Crippen LogP contribution in [0.1, 0.15) is 34.7 Å². The van der Waals surface area contributed by atoms with Gasteiger partial charge in [0.25, 0.3) is 0 Å². The molecule has 3 aromatic rings. The fourth-order valence-corrected chi connectivity index (χ4v) is 4.11. The molecule has 0 saturated carbocycles. The number of hydrogen-bond donors (Lipinski definition) is 1. The Morgan fingerprint density at radius 3 is 2.70 bits per heavy atom. The van der Waals surface area contributed by atoms with Crippen molar-refractivity contribution in [3.63, 3.8) is 0 Å². The molecule has 172 valence electrons. The molecule has 1 saturated heterocycles. The van der Waals surface area contributed by atoms with Crippen molar-refractivity contribution < 1.29 is 18.8 Å². The number of nitrogens with zero attached hydrogens (tertiary/aromatic N) is 3. The largest absolute Gasteiger partial charge is 0.465 e. The summed E-state index contributed by atoms with van der Waals surface area (Å²) in [6.45, 7) is 4.05. The second-order valence-electron chi connectivity index (χ2n) is 8.05. The number of halogens is 1. The molecule has 1 aromatic heterocycles. The monoisotopic (exact) mass is 468 g/mol. The highest BCUT2D eigenvalue weighted by Crippen LogP contribution is 2.25. The van der Waals surface area contributed by atoms with Crippen LogP contribution < -0.4 is 5.32 Å². The molecule has 1 N–H and O–H groups in total. The fraction of sp³-hybridized carbons (Fsp3) is 0.333. The van der Waals surface area contributed by atoms with Crippen LogP contribution in [0.25, 0.3) is 11.4 Å². The van der Waals surface area contributed by atoms with Crippen molar-refractivity contribution >= 4 is 29.2 Å². The molecule has 0 unspecified atom stereocenters. The first-order chi connectivity index (χ1) is 15.9. The first kappa shape index (κ1) is 22.9. The van der Waals surface area contributed by atoms with Gasteiger partial charge in [0, 0.05) is 17.2 Å². The number of nitrogens with one attached hydrogen (secondary N) is 1. The number of aryl methyl sites for hydroxylation is 1. The van der Waals surface area contributed by atoms with Crippen molar-refractivity contribution in [2.75, 3.05) is 25.5 Å². The molecular weight excluding hydrogens is 444 g/mol. The Morgan fingerprint density at radius 1 is 1.21 bits per heavy atom. The second kappa shape index (κ2) is 10.1. The van der Waals surface area contributed by atoms with E-state index in [9.17, 15) is 9.59 Å². The van der Waals surface area contributed by atoms with Gasteiger partial charge in [-0.2, -0.15) is 4.98 Å². The summed E-state index contributed by atoms with van der Waals surface area (Å²) in [5.74, 6) is 0.409. The maximum atomic E-state index is 12.7. The Balaban J connectivity index is 1.31. The van der Waals surface area contributed by atoms with Gasteiger partial charge in [-0.1, -0.05) is 41.0 Å². The van der Waals surface area contributed by atoms with Crippen molar-refractivity contribution in [3.05, 3.63) is 64.5 Å². The molecule has 0 radical (unpaired) electrons. The van der Waals surface area contributed by atoms with Gasteiger partial charge in [-0.25, -0.2) is 4.79 Å². The van der Waals surface area contributed by atoms with E-state index in [1.165, 1.54) is 13.2 Å². The average molecular weight is 469 g/mol. The summed E-state index contributed by atoms with van der Waals surface area (Å²) in [5, 5.41) is 7.28. The van der Waals surface area contributed by atoms with E-state index in [4.69, 9.17) is 20.9 Å². The number of rotatable bonds is 6. The first-order valence-corrected chi connectivity index (χ1v) is 11.1. The van der Waals surface area contributed by atoms with Crippen molar-refractivity contribution in [3.8, 4) is 11.4 Å². The third kappa shape index (κ3) is 5.40. The van der Waals surface area contributed by atoms with E-state index >= 15 is 0 Å². The number of amides is 1. The molecule has 0 spiro atoms. The van der Waals surface area contributed by atoms with Gasteiger partial charge < -0.3 is 14.6 Å². The van der Waals surface area contributed by atoms with Crippen LogP contribution in [-0.4, -0.2) is 47.1 Å². The highest BCUT2D eigenvalue weighted by molar-refractivity contribution is 6.33. The van der Waals surface area contributed by atoms with Crippen LogP contribution in [0.5, 0.6) is 0 Å². The van der Waals surface area contributed by atoms with Gasteiger partial charge in [0.05, 0.1) is 24.2 Å². The second-order valence-corrected chi connectivity index (χ2v) is 8.46. The number of carbonyl (C=O) groups excluding carboxylic acids is 2. The Morgan fingerprint density at radius 2 is 1.97 bits per heavy atom. The maximum absolute atomic E-state index is 12.7. The topological polar surface area (TPSA) is 97.6 Å². The van der Waals surface area contributed by atoms with Gasteiger partial charge in [0.2, 0.25) is 17.6 Å². The van der Waals surface area contributed by atoms with Crippen molar-refractivity contribution in [1.82, 2.24) is 15.0 Å². The molecule has 0 bridgehead atoms. The van der Waals surface area contributed by atoms with E-state index in [2.05, 4.69) is 20.4 Å². The van der Waals surface area contributed by atoms with Crippen LogP contribution in [0.4, 0.5) is 5.69 Å². The lowest BCUT2D eigenvalue weighted by atomic mass is 9.95. The molecule has 4 rings (SSSR count). The number of aromatic nitrogens is 2. The lowest BCUT2D eigenvalue weighted by molar-refractivity contribution is -0.121. The number of anilines is 1. The first-order valence-electron chi connectivity index (χ1n) is 10.7. The number of methoxy groups -OCH3 is 1. The molecule has 1 aliphatic heterocycles. The standard InChI is InChI=1S/C24H25ClN4O4/c1-15-5-3-4-6-18(15)22-27-21(33-28-22)14-29-11-9-16(10-12-29)23(30)26-17-7-8-20(25)19(13-17)24(31)32-2/h3-8,13,16H,9-12,14H2,1-2H3,(H,26,30). The van der Waals surface area contributed by atoms with E-state index in [0.29, 0.717) is 36.8 Å².